The Balaban J connectivity index is 1.79. The van der Waals surface area contributed by atoms with Gasteiger partial charge in [0.05, 0.1) is 4.90 Å². The number of thioether (sulfide) groups is 1. The fourth-order valence-corrected chi connectivity index (χ4v) is 6.71. The summed E-state index contributed by atoms with van der Waals surface area (Å²) in [5.74, 6) is 0.517. The Morgan fingerprint density at radius 1 is 1.21 bits per heavy atom. The van der Waals surface area contributed by atoms with Gasteiger partial charge in [-0.15, -0.1) is 0 Å². The highest BCUT2D eigenvalue weighted by Crippen LogP contribution is 2.38. The predicted molar refractivity (Wildman–Crippen MR) is 116 cm³/mol. The Bertz CT molecular complexity index is 979. The molecule has 1 amide bonds. The predicted octanol–water partition coefficient (Wildman–Crippen LogP) is 4.48. The molecule has 1 atom stereocenters. The second-order valence-electron chi connectivity index (χ2n) is 6.74. The minimum atomic E-state index is -3.60. The van der Waals surface area contributed by atoms with Crippen LogP contribution in [0.4, 0.5) is 5.69 Å². The van der Waals surface area contributed by atoms with Crippen molar-refractivity contribution >= 4 is 45.0 Å². The number of carbonyl (C=O) groups is 1. The molecule has 150 valence electrons. The highest BCUT2D eigenvalue weighted by Gasteiger charge is 2.30. The summed E-state index contributed by atoms with van der Waals surface area (Å²) in [4.78, 5) is 11.5. The van der Waals surface area contributed by atoms with E-state index in [1.165, 1.54) is 6.92 Å². The molecule has 0 radical (unpaired) electrons. The van der Waals surface area contributed by atoms with E-state index in [1.54, 1.807) is 41.2 Å². The Morgan fingerprint density at radius 3 is 2.64 bits per heavy atom. The van der Waals surface area contributed by atoms with E-state index in [2.05, 4.69) is 5.32 Å². The van der Waals surface area contributed by atoms with Crippen LogP contribution in [0, 0.1) is 6.92 Å². The fourth-order valence-electron chi connectivity index (χ4n) is 3.33. The molecular weight excluding hydrogens is 416 g/mol. The average molecular weight is 439 g/mol. The third-order valence-electron chi connectivity index (χ3n) is 4.67. The van der Waals surface area contributed by atoms with E-state index >= 15 is 0 Å². The van der Waals surface area contributed by atoms with Gasteiger partial charge in [0.1, 0.15) is 0 Å². The Hall–Kier alpha value is -1.54. The third kappa shape index (κ3) is 4.71. The van der Waals surface area contributed by atoms with Crippen LogP contribution in [-0.2, 0) is 14.8 Å². The van der Waals surface area contributed by atoms with Crippen LogP contribution >= 0.6 is 23.4 Å². The lowest BCUT2D eigenvalue weighted by molar-refractivity contribution is -0.114. The number of rotatable bonds is 4. The summed E-state index contributed by atoms with van der Waals surface area (Å²) < 4.78 is 28.0. The smallest absolute Gasteiger partial charge is 0.243 e. The molecule has 1 aliphatic rings. The van der Waals surface area contributed by atoms with E-state index in [1.807, 2.05) is 24.3 Å². The molecule has 5 nitrogen and oxygen atoms in total. The van der Waals surface area contributed by atoms with Gasteiger partial charge in [-0.1, -0.05) is 29.8 Å². The van der Waals surface area contributed by atoms with Crippen LogP contribution in [0.2, 0.25) is 5.02 Å². The van der Waals surface area contributed by atoms with Crippen LogP contribution in [0.25, 0.3) is 0 Å². The van der Waals surface area contributed by atoms with Crippen LogP contribution in [0.5, 0.6) is 0 Å². The van der Waals surface area contributed by atoms with Crippen molar-refractivity contribution < 1.29 is 13.2 Å². The molecule has 0 unspecified atom stereocenters. The van der Waals surface area contributed by atoms with Crippen molar-refractivity contribution in [2.24, 2.45) is 0 Å². The Morgan fingerprint density at radius 2 is 1.96 bits per heavy atom. The van der Waals surface area contributed by atoms with Crippen molar-refractivity contribution in [3.8, 4) is 0 Å². The number of nitrogens with zero attached hydrogens (tertiary/aromatic N) is 1. The van der Waals surface area contributed by atoms with Crippen molar-refractivity contribution in [1.82, 2.24) is 4.31 Å². The van der Waals surface area contributed by atoms with Crippen LogP contribution in [0.3, 0.4) is 0 Å². The maximum Gasteiger partial charge on any atom is 0.243 e. The maximum absolute atomic E-state index is 13.2. The Kier molecular flexibility index (Phi) is 6.70. The molecule has 0 spiro atoms. The summed E-state index contributed by atoms with van der Waals surface area (Å²) >= 11 is 8.07. The van der Waals surface area contributed by atoms with Gasteiger partial charge in [-0.3, -0.25) is 4.79 Å². The molecule has 0 saturated carbocycles. The van der Waals surface area contributed by atoms with Crippen molar-refractivity contribution in [1.29, 1.82) is 0 Å². The zero-order valence-electron chi connectivity index (χ0n) is 15.8. The number of benzene rings is 2. The summed E-state index contributed by atoms with van der Waals surface area (Å²) in [6, 6.07) is 12.6. The SMILES string of the molecule is CC(=O)Nc1ccc(S(=O)(=O)N2CCS[C@@H](c3ccccc3Cl)CC2)c(C)c1. The van der Waals surface area contributed by atoms with Gasteiger partial charge >= 0.3 is 0 Å². The number of nitrogens with one attached hydrogen (secondary N) is 1. The molecule has 1 fully saturated rings. The summed E-state index contributed by atoms with van der Waals surface area (Å²) in [6.45, 7) is 4.07. The van der Waals surface area contributed by atoms with Gasteiger partial charge < -0.3 is 5.32 Å². The van der Waals surface area contributed by atoms with Gasteiger partial charge in [0.2, 0.25) is 15.9 Å². The summed E-state index contributed by atoms with van der Waals surface area (Å²) in [5.41, 5.74) is 2.27. The van der Waals surface area contributed by atoms with Gasteiger partial charge in [0, 0.05) is 41.7 Å². The van der Waals surface area contributed by atoms with Crippen molar-refractivity contribution in [3.63, 3.8) is 0 Å². The highest BCUT2D eigenvalue weighted by molar-refractivity contribution is 7.99. The average Bonchev–Trinajstić information content (AvgIpc) is 2.88. The second-order valence-corrected chi connectivity index (χ2v) is 10.4. The van der Waals surface area contributed by atoms with Gasteiger partial charge in [-0.25, -0.2) is 8.42 Å². The second kappa shape index (κ2) is 8.86. The largest absolute Gasteiger partial charge is 0.326 e. The molecule has 8 heteroatoms. The van der Waals surface area contributed by atoms with E-state index in [-0.39, 0.29) is 16.1 Å². The van der Waals surface area contributed by atoms with Gasteiger partial charge in [0.25, 0.3) is 0 Å². The molecule has 1 heterocycles. The monoisotopic (exact) mass is 438 g/mol. The molecule has 0 aliphatic carbocycles. The first-order valence-corrected chi connectivity index (χ1v) is 11.9. The van der Waals surface area contributed by atoms with Crippen LogP contribution in [0.1, 0.15) is 29.7 Å². The number of hydrogen-bond acceptors (Lipinski definition) is 4. The first-order chi connectivity index (χ1) is 13.3. The zero-order chi connectivity index (χ0) is 20.3. The molecule has 1 aliphatic heterocycles. The first kappa shape index (κ1) is 21.2. The van der Waals surface area contributed by atoms with Crippen molar-refractivity contribution in [2.75, 3.05) is 24.2 Å². The molecule has 2 aromatic rings. The summed E-state index contributed by atoms with van der Waals surface area (Å²) in [5, 5.41) is 3.58. The van der Waals surface area contributed by atoms with Gasteiger partial charge in [-0.2, -0.15) is 16.1 Å². The van der Waals surface area contributed by atoms with E-state index in [0.717, 1.165) is 10.6 Å². The zero-order valence-corrected chi connectivity index (χ0v) is 18.2. The normalized spacial score (nSPS) is 18.5. The lowest BCUT2D eigenvalue weighted by Gasteiger charge is -2.21. The number of aryl methyl sites for hydroxylation is 1. The molecule has 28 heavy (non-hydrogen) atoms. The third-order valence-corrected chi connectivity index (χ3v) is 8.38. The molecule has 1 N–H and O–H groups in total. The minimum absolute atomic E-state index is 0.178. The van der Waals surface area contributed by atoms with E-state index in [0.29, 0.717) is 36.5 Å². The number of anilines is 1. The highest BCUT2D eigenvalue weighted by atomic mass is 35.5. The Labute approximate surface area is 175 Å². The summed E-state index contributed by atoms with van der Waals surface area (Å²) in [7, 11) is -3.60. The van der Waals surface area contributed by atoms with Gasteiger partial charge in [0.15, 0.2) is 0 Å². The van der Waals surface area contributed by atoms with Crippen LogP contribution < -0.4 is 5.32 Å². The molecule has 1 saturated heterocycles. The van der Waals surface area contributed by atoms with Gasteiger partial charge in [-0.05, 0) is 48.7 Å². The lowest BCUT2D eigenvalue weighted by Crippen LogP contribution is -2.33. The fraction of sp³-hybridized carbons (Fsp3) is 0.350. The number of amides is 1. The van der Waals surface area contributed by atoms with Crippen molar-refractivity contribution in [2.45, 2.75) is 30.4 Å². The molecular formula is C20H23ClN2O3S2. The molecule has 2 aromatic carbocycles. The van der Waals surface area contributed by atoms with Crippen molar-refractivity contribution in [3.05, 3.63) is 58.6 Å². The molecule has 3 rings (SSSR count). The van der Waals surface area contributed by atoms with E-state index in [4.69, 9.17) is 11.6 Å². The van der Waals surface area contributed by atoms with E-state index < -0.39 is 10.0 Å². The van der Waals surface area contributed by atoms with Crippen LogP contribution in [0.15, 0.2) is 47.4 Å². The first-order valence-electron chi connectivity index (χ1n) is 9.03. The number of sulfonamides is 1. The van der Waals surface area contributed by atoms with Crippen LogP contribution in [-0.4, -0.2) is 37.5 Å². The quantitative estimate of drug-likeness (QED) is 0.764. The topological polar surface area (TPSA) is 66.5 Å². The number of hydrogen-bond donors (Lipinski definition) is 1. The van der Waals surface area contributed by atoms with E-state index in [9.17, 15) is 13.2 Å². The molecule has 0 bridgehead atoms. The lowest BCUT2D eigenvalue weighted by atomic mass is 10.1. The number of halogens is 1. The minimum Gasteiger partial charge on any atom is -0.326 e. The maximum atomic E-state index is 13.2. The number of carbonyl (C=O) groups excluding carboxylic acids is 1. The standard InChI is InChI=1S/C20H23ClN2O3S2/c1-14-13-16(22-15(2)24)7-8-20(14)28(25,26)23-10-9-19(27-12-11-23)17-5-3-4-6-18(17)21/h3-8,13,19H,9-12H2,1-2H3,(H,22,24)/t19-/m1/s1. The molecule has 0 aromatic heterocycles. The summed E-state index contributed by atoms with van der Waals surface area (Å²) in [6.07, 6.45) is 0.705.